The molecule has 1 aromatic carbocycles. The minimum atomic E-state index is -0.591. The van der Waals surface area contributed by atoms with Crippen molar-refractivity contribution in [2.24, 2.45) is 0 Å². The molecule has 22 heavy (non-hydrogen) atoms. The second-order valence-electron chi connectivity index (χ2n) is 5.55. The number of hydrogen-bond donors (Lipinski definition) is 2. The Morgan fingerprint density at radius 3 is 2.59 bits per heavy atom. The zero-order valence-corrected chi connectivity index (χ0v) is 12.5. The number of nitrogens with zero attached hydrogens (tertiary/aromatic N) is 1. The molecule has 0 radical (unpaired) electrons. The van der Waals surface area contributed by atoms with Gasteiger partial charge in [0, 0.05) is 17.3 Å². The van der Waals surface area contributed by atoms with Crippen molar-refractivity contribution >= 4 is 23.5 Å². The topological polar surface area (TPSA) is 93.5 Å². The predicted octanol–water partition coefficient (Wildman–Crippen LogP) is 3.27. The summed E-state index contributed by atoms with van der Waals surface area (Å²) < 4.78 is 9.79. The lowest BCUT2D eigenvalue weighted by atomic mass is 10.2. The zero-order chi connectivity index (χ0) is 16.2. The Kier molecular flexibility index (Phi) is 4.45. The molecule has 7 heteroatoms. The van der Waals surface area contributed by atoms with E-state index < -0.39 is 11.7 Å². The SMILES string of the molecule is CC(C)(C)OC(=O)Nc1cccc(C(=O)Nc2ccon2)c1. The van der Waals surface area contributed by atoms with Crippen LogP contribution in [0, 0.1) is 0 Å². The third-order valence-corrected chi connectivity index (χ3v) is 2.45. The van der Waals surface area contributed by atoms with E-state index in [1.807, 2.05) is 0 Å². The Hall–Kier alpha value is -2.83. The van der Waals surface area contributed by atoms with Crippen LogP contribution >= 0.6 is 0 Å². The smallest absolute Gasteiger partial charge is 0.412 e. The number of carbonyl (C=O) groups is 2. The fourth-order valence-corrected chi connectivity index (χ4v) is 1.63. The van der Waals surface area contributed by atoms with Crippen LogP contribution in [0.15, 0.2) is 41.1 Å². The van der Waals surface area contributed by atoms with Gasteiger partial charge in [-0.1, -0.05) is 11.2 Å². The Bertz CT molecular complexity index is 660. The van der Waals surface area contributed by atoms with Gasteiger partial charge in [-0.25, -0.2) is 4.79 Å². The van der Waals surface area contributed by atoms with Gasteiger partial charge in [-0.15, -0.1) is 0 Å². The molecule has 0 aliphatic rings. The summed E-state index contributed by atoms with van der Waals surface area (Å²) in [5.41, 5.74) is 0.241. The van der Waals surface area contributed by atoms with Gasteiger partial charge in [-0.3, -0.25) is 10.1 Å². The molecule has 0 fully saturated rings. The lowest BCUT2D eigenvalue weighted by molar-refractivity contribution is 0.0635. The van der Waals surface area contributed by atoms with E-state index in [9.17, 15) is 9.59 Å². The molecule has 2 aromatic rings. The molecule has 0 saturated carbocycles. The molecule has 1 aromatic heterocycles. The summed E-state index contributed by atoms with van der Waals surface area (Å²) in [4.78, 5) is 23.8. The predicted molar refractivity (Wildman–Crippen MR) is 80.8 cm³/mol. The molecule has 2 rings (SSSR count). The molecule has 0 unspecified atom stereocenters. The van der Waals surface area contributed by atoms with Gasteiger partial charge >= 0.3 is 6.09 Å². The number of nitrogens with one attached hydrogen (secondary N) is 2. The first kappa shape index (κ1) is 15.6. The van der Waals surface area contributed by atoms with Crippen molar-refractivity contribution < 1.29 is 18.8 Å². The summed E-state index contributed by atoms with van der Waals surface area (Å²) in [5, 5.41) is 8.74. The van der Waals surface area contributed by atoms with Crippen LogP contribution in [0.2, 0.25) is 0 Å². The second-order valence-corrected chi connectivity index (χ2v) is 5.55. The third kappa shape index (κ3) is 4.62. The quantitative estimate of drug-likeness (QED) is 0.907. The molecule has 2 amide bonds. The van der Waals surface area contributed by atoms with Crippen molar-refractivity contribution in [2.45, 2.75) is 26.4 Å². The summed E-state index contributed by atoms with van der Waals surface area (Å²) in [6, 6.07) is 8.01. The zero-order valence-electron chi connectivity index (χ0n) is 12.5. The summed E-state index contributed by atoms with van der Waals surface area (Å²) >= 11 is 0. The maximum atomic E-state index is 12.0. The first-order chi connectivity index (χ1) is 10.3. The summed E-state index contributed by atoms with van der Waals surface area (Å²) in [5.74, 6) is -0.0442. The Balaban J connectivity index is 2.03. The van der Waals surface area contributed by atoms with E-state index in [2.05, 4.69) is 20.3 Å². The number of anilines is 2. The van der Waals surface area contributed by atoms with E-state index in [1.54, 1.807) is 45.0 Å². The van der Waals surface area contributed by atoms with Gasteiger partial charge in [0.15, 0.2) is 5.82 Å². The highest BCUT2D eigenvalue weighted by molar-refractivity contribution is 6.04. The molecular formula is C15H17N3O4. The Morgan fingerprint density at radius 2 is 1.95 bits per heavy atom. The third-order valence-electron chi connectivity index (χ3n) is 2.45. The normalized spacial score (nSPS) is 10.9. The van der Waals surface area contributed by atoms with Gasteiger partial charge in [0.25, 0.3) is 5.91 Å². The van der Waals surface area contributed by atoms with E-state index in [0.29, 0.717) is 17.1 Å². The van der Waals surface area contributed by atoms with E-state index in [1.165, 1.54) is 12.3 Å². The first-order valence-electron chi connectivity index (χ1n) is 6.65. The standard InChI is InChI=1S/C15H17N3O4/c1-15(2,3)22-14(20)16-11-6-4-5-10(9-11)13(19)17-12-7-8-21-18-12/h4-9H,1-3H3,(H,16,20)(H,17,18,19). The Morgan fingerprint density at radius 1 is 1.18 bits per heavy atom. The second kappa shape index (κ2) is 6.30. The van der Waals surface area contributed by atoms with Crippen molar-refractivity contribution in [3.63, 3.8) is 0 Å². The van der Waals surface area contributed by atoms with Crippen LogP contribution in [0.3, 0.4) is 0 Å². The molecule has 7 nitrogen and oxygen atoms in total. The molecule has 116 valence electrons. The van der Waals surface area contributed by atoms with Crippen molar-refractivity contribution in [1.29, 1.82) is 0 Å². The molecule has 0 bridgehead atoms. The van der Waals surface area contributed by atoms with Crippen LogP contribution in [-0.2, 0) is 4.74 Å². The van der Waals surface area contributed by atoms with Gasteiger partial charge in [0.2, 0.25) is 0 Å². The van der Waals surface area contributed by atoms with Gasteiger partial charge < -0.3 is 14.6 Å². The van der Waals surface area contributed by atoms with Crippen LogP contribution in [0.1, 0.15) is 31.1 Å². The lowest BCUT2D eigenvalue weighted by Crippen LogP contribution is -2.27. The first-order valence-corrected chi connectivity index (χ1v) is 6.65. The number of aromatic nitrogens is 1. The number of carbonyl (C=O) groups excluding carboxylic acids is 2. The monoisotopic (exact) mass is 303 g/mol. The molecule has 0 aliphatic carbocycles. The van der Waals surface area contributed by atoms with Crippen LogP contribution in [-0.4, -0.2) is 22.8 Å². The van der Waals surface area contributed by atoms with Crippen molar-refractivity contribution in [2.75, 3.05) is 10.6 Å². The average Bonchev–Trinajstić information content (AvgIpc) is 2.89. The maximum absolute atomic E-state index is 12.0. The summed E-state index contributed by atoms with van der Waals surface area (Å²) in [6.07, 6.45) is 0.775. The van der Waals surface area contributed by atoms with Crippen LogP contribution < -0.4 is 10.6 Å². The number of rotatable bonds is 3. The van der Waals surface area contributed by atoms with Crippen molar-refractivity contribution in [3.8, 4) is 0 Å². The number of amides is 2. The van der Waals surface area contributed by atoms with Gasteiger partial charge in [0.05, 0.1) is 0 Å². The molecule has 0 saturated heterocycles. The van der Waals surface area contributed by atoms with E-state index in [4.69, 9.17) is 4.74 Å². The molecule has 0 atom stereocenters. The van der Waals surface area contributed by atoms with Crippen LogP contribution in [0.4, 0.5) is 16.3 Å². The fraction of sp³-hybridized carbons (Fsp3) is 0.267. The molecule has 0 spiro atoms. The Labute approximate surface area is 127 Å². The fourth-order valence-electron chi connectivity index (χ4n) is 1.63. The number of ether oxygens (including phenoxy) is 1. The van der Waals surface area contributed by atoms with Gasteiger partial charge in [-0.2, -0.15) is 0 Å². The number of hydrogen-bond acceptors (Lipinski definition) is 5. The largest absolute Gasteiger partial charge is 0.444 e. The summed E-state index contributed by atoms with van der Waals surface area (Å²) in [6.45, 7) is 5.32. The molecule has 2 N–H and O–H groups in total. The average molecular weight is 303 g/mol. The highest BCUT2D eigenvalue weighted by Crippen LogP contribution is 2.15. The molecule has 1 heterocycles. The minimum Gasteiger partial charge on any atom is -0.444 e. The highest BCUT2D eigenvalue weighted by Gasteiger charge is 2.16. The molecule has 0 aliphatic heterocycles. The van der Waals surface area contributed by atoms with Crippen LogP contribution in [0.5, 0.6) is 0 Å². The van der Waals surface area contributed by atoms with Crippen molar-refractivity contribution in [1.82, 2.24) is 5.16 Å². The van der Waals surface area contributed by atoms with E-state index in [0.717, 1.165) is 0 Å². The highest BCUT2D eigenvalue weighted by atomic mass is 16.6. The van der Waals surface area contributed by atoms with E-state index in [-0.39, 0.29) is 5.91 Å². The summed E-state index contributed by atoms with van der Waals surface area (Å²) in [7, 11) is 0. The van der Waals surface area contributed by atoms with E-state index >= 15 is 0 Å². The van der Waals surface area contributed by atoms with Gasteiger partial charge in [-0.05, 0) is 39.0 Å². The van der Waals surface area contributed by atoms with Crippen molar-refractivity contribution in [3.05, 3.63) is 42.2 Å². The minimum absolute atomic E-state index is 0.315. The van der Waals surface area contributed by atoms with Crippen LogP contribution in [0.25, 0.3) is 0 Å². The van der Waals surface area contributed by atoms with Gasteiger partial charge in [0.1, 0.15) is 11.9 Å². The lowest BCUT2D eigenvalue weighted by Gasteiger charge is -2.19. The molecular weight excluding hydrogens is 286 g/mol. The maximum Gasteiger partial charge on any atom is 0.412 e. The number of benzene rings is 1.